The number of amides is 1. The van der Waals surface area contributed by atoms with Gasteiger partial charge in [0, 0.05) is 31.0 Å². The number of rotatable bonds is 12. The van der Waals surface area contributed by atoms with Gasteiger partial charge in [-0.2, -0.15) is 0 Å². The minimum atomic E-state index is -0.0153. The summed E-state index contributed by atoms with van der Waals surface area (Å²) in [5, 5.41) is 3.24. The van der Waals surface area contributed by atoms with Crippen LogP contribution in [-0.2, 0) is 14.3 Å². The first-order chi connectivity index (χ1) is 17.6. The molecule has 1 N–H and O–H groups in total. The van der Waals surface area contributed by atoms with Crippen molar-refractivity contribution in [1.82, 2.24) is 10.2 Å². The highest BCUT2D eigenvalue weighted by Gasteiger charge is 2.26. The normalized spacial score (nSPS) is 20.4. The molecule has 3 aliphatic rings. The predicted octanol–water partition coefficient (Wildman–Crippen LogP) is 3.66. The molecule has 1 amide bonds. The highest BCUT2D eigenvalue weighted by Crippen LogP contribution is 2.29. The van der Waals surface area contributed by atoms with Crippen molar-refractivity contribution >= 4 is 11.7 Å². The van der Waals surface area contributed by atoms with Crippen LogP contribution in [0.5, 0.6) is 11.5 Å². The third kappa shape index (κ3) is 7.11. The van der Waals surface area contributed by atoms with E-state index in [2.05, 4.69) is 22.4 Å². The van der Waals surface area contributed by atoms with Crippen molar-refractivity contribution in [2.24, 2.45) is 0 Å². The van der Waals surface area contributed by atoms with Crippen molar-refractivity contribution in [3.63, 3.8) is 0 Å². The smallest absolute Gasteiger partial charge is 0.220 e. The second-order valence-electron chi connectivity index (χ2n) is 9.59. The largest absolute Gasteiger partial charge is 0.493 e. The van der Waals surface area contributed by atoms with E-state index in [1.54, 1.807) is 32.4 Å². The van der Waals surface area contributed by atoms with Crippen molar-refractivity contribution in [3.05, 3.63) is 47.2 Å². The maximum absolute atomic E-state index is 12.8. The van der Waals surface area contributed by atoms with E-state index in [-0.39, 0.29) is 23.8 Å². The average Bonchev–Trinajstić information content (AvgIpc) is 3.41. The number of likely N-dealkylation sites (tertiary alicyclic amines) is 1. The van der Waals surface area contributed by atoms with Gasteiger partial charge in [-0.3, -0.25) is 9.59 Å². The second kappa shape index (κ2) is 12.9. The van der Waals surface area contributed by atoms with Crippen LogP contribution >= 0.6 is 0 Å². The Hall–Kier alpha value is -2.84. The maximum atomic E-state index is 12.8. The third-order valence-electron chi connectivity index (χ3n) is 6.95. The van der Waals surface area contributed by atoms with Gasteiger partial charge in [-0.15, -0.1) is 0 Å². The Labute approximate surface area is 213 Å². The van der Waals surface area contributed by atoms with E-state index in [0.29, 0.717) is 49.5 Å². The standard InChI is InChI=1S/C28H38N2O6/c1-33-24-11-9-21(18-26(24)34-2)23(31)6-5-7-28(32)29-22(19-30-12-3-4-13-30)16-20-8-10-25-27(17-20)36-15-14-35-25/h8-9,11,17-18,22,25H,3-7,10,12-16,19H2,1-2H3,(H,29,32)/t22-,25?/m0/s1. The summed E-state index contributed by atoms with van der Waals surface area (Å²) in [6.07, 6.45) is 9.40. The molecule has 36 heavy (non-hydrogen) atoms. The number of carbonyl (C=O) groups excluding carboxylic acids is 2. The van der Waals surface area contributed by atoms with Crippen molar-refractivity contribution in [2.75, 3.05) is 47.1 Å². The zero-order valence-electron chi connectivity index (χ0n) is 21.4. The van der Waals surface area contributed by atoms with E-state index < -0.39 is 0 Å². The molecule has 2 heterocycles. The number of nitrogens with zero attached hydrogens (tertiary/aromatic N) is 1. The van der Waals surface area contributed by atoms with E-state index in [9.17, 15) is 9.59 Å². The number of Topliss-reactive ketones (excluding diaryl/α,β-unsaturated/α-hetero) is 1. The maximum Gasteiger partial charge on any atom is 0.220 e. The van der Waals surface area contributed by atoms with Crippen LogP contribution in [0, 0.1) is 0 Å². The van der Waals surface area contributed by atoms with Crippen LogP contribution in [0.4, 0.5) is 0 Å². The van der Waals surface area contributed by atoms with Crippen molar-refractivity contribution in [2.45, 2.75) is 57.1 Å². The van der Waals surface area contributed by atoms with Crippen molar-refractivity contribution in [3.8, 4) is 11.5 Å². The van der Waals surface area contributed by atoms with Gasteiger partial charge in [0.05, 0.1) is 20.8 Å². The molecule has 1 unspecified atom stereocenters. The molecule has 1 aliphatic carbocycles. The Morgan fingerprint density at radius 2 is 1.92 bits per heavy atom. The molecule has 0 radical (unpaired) electrons. The molecule has 0 saturated carbocycles. The molecular formula is C28H38N2O6. The molecular weight excluding hydrogens is 460 g/mol. The first-order valence-electron chi connectivity index (χ1n) is 13.0. The van der Waals surface area contributed by atoms with Gasteiger partial charge < -0.3 is 29.2 Å². The van der Waals surface area contributed by atoms with Crippen molar-refractivity contribution in [1.29, 1.82) is 0 Å². The van der Waals surface area contributed by atoms with Gasteiger partial charge in [0.15, 0.2) is 17.3 Å². The summed E-state index contributed by atoms with van der Waals surface area (Å²) in [6.45, 7) is 4.20. The molecule has 0 spiro atoms. The number of allylic oxidation sites excluding steroid dienone is 1. The quantitative estimate of drug-likeness (QED) is 0.440. The molecule has 1 aromatic rings. The van der Waals surface area contributed by atoms with Crippen LogP contribution in [0.2, 0.25) is 0 Å². The minimum absolute atomic E-state index is 0.0133. The van der Waals surface area contributed by atoms with Gasteiger partial charge in [-0.05, 0) is 75.0 Å². The lowest BCUT2D eigenvalue weighted by molar-refractivity contribution is -0.122. The third-order valence-corrected chi connectivity index (χ3v) is 6.95. The molecule has 2 atom stereocenters. The van der Waals surface area contributed by atoms with E-state index >= 15 is 0 Å². The van der Waals surface area contributed by atoms with Gasteiger partial charge in [-0.1, -0.05) is 6.08 Å². The number of ketones is 1. The predicted molar refractivity (Wildman–Crippen MR) is 136 cm³/mol. The van der Waals surface area contributed by atoms with Crippen LogP contribution in [-0.4, -0.2) is 75.8 Å². The fraction of sp³-hybridized carbons (Fsp3) is 0.571. The SMILES string of the molecule is COc1ccc(C(=O)CCCC(=O)N[C@@H](CC2=CCC3OCCOC3=C2)CN2CCCC2)cc1OC. The topological polar surface area (TPSA) is 86.3 Å². The van der Waals surface area contributed by atoms with Crippen LogP contribution in [0.3, 0.4) is 0 Å². The lowest BCUT2D eigenvalue weighted by Gasteiger charge is -2.30. The van der Waals surface area contributed by atoms with E-state index in [1.807, 2.05) is 0 Å². The summed E-state index contributed by atoms with van der Waals surface area (Å²) >= 11 is 0. The molecule has 0 bridgehead atoms. The highest BCUT2D eigenvalue weighted by atomic mass is 16.6. The number of methoxy groups -OCH3 is 2. The van der Waals surface area contributed by atoms with Crippen LogP contribution in [0.15, 0.2) is 41.7 Å². The summed E-state index contributed by atoms with van der Waals surface area (Å²) < 4.78 is 22.1. The minimum Gasteiger partial charge on any atom is -0.493 e. The molecule has 8 heteroatoms. The Morgan fingerprint density at radius 3 is 2.69 bits per heavy atom. The number of nitrogens with one attached hydrogen (secondary N) is 1. The monoisotopic (exact) mass is 498 g/mol. The summed E-state index contributed by atoms with van der Waals surface area (Å²) in [6, 6.07) is 5.16. The first kappa shape index (κ1) is 26.2. The Kier molecular flexibility index (Phi) is 9.41. The summed E-state index contributed by atoms with van der Waals surface area (Å²) in [7, 11) is 3.11. The van der Waals surface area contributed by atoms with Gasteiger partial charge in [-0.25, -0.2) is 0 Å². The molecule has 196 valence electrons. The van der Waals surface area contributed by atoms with Gasteiger partial charge >= 0.3 is 0 Å². The lowest BCUT2D eigenvalue weighted by Crippen LogP contribution is -2.43. The molecule has 8 nitrogen and oxygen atoms in total. The van der Waals surface area contributed by atoms with E-state index in [1.165, 1.54) is 18.4 Å². The number of fused-ring (bicyclic) bond motifs is 1. The van der Waals surface area contributed by atoms with Crippen LogP contribution < -0.4 is 14.8 Å². The van der Waals surface area contributed by atoms with E-state index in [4.69, 9.17) is 18.9 Å². The molecule has 2 fully saturated rings. The number of hydrogen-bond acceptors (Lipinski definition) is 7. The first-order valence-corrected chi connectivity index (χ1v) is 13.0. The molecule has 2 aliphatic heterocycles. The summed E-state index contributed by atoms with van der Waals surface area (Å²) in [5.41, 5.74) is 1.74. The number of hydrogen-bond donors (Lipinski definition) is 1. The summed E-state index contributed by atoms with van der Waals surface area (Å²) in [4.78, 5) is 27.9. The Balaban J connectivity index is 1.29. The number of ether oxygens (including phenoxy) is 4. The second-order valence-corrected chi connectivity index (χ2v) is 9.59. The summed E-state index contributed by atoms with van der Waals surface area (Å²) in [5.74, 6) is 1.98. The van der Waals surface area contributed by atoms with E-state index in [0.717, 1.165) is 38.2 Å². The molecule has 1 aromatic carbocycles. The van der Waals surface area contributed by atoms with Crippen molar-refractivity contribution < 1.29 is 28.5 Å². The lowest BCUT2D eigenvalue weighted by atomic mass is 9.96. The van der Waals surface area contributed by atoms with Crippen LogP contribution in [0.1, 0.15) is 55.3 Å². The van der Waals surface area contributed by atoms with Gasteiger partial charge in [0.25, 0.3) is 0 Å². The zero-order chi connectivity index (χ0) is 25.3. The Bertz CT molecular complexity index is 982. The molecule has 0 aromatic heterocycles. The van der Waals surface area contributed by atoms with Gasteiger partial charge in [0.1, 0.15) is 18.5 Å². The molecule has 4 rings (SSSR count). The average molecular weight is 499 g/mol. The molecule has 2 saturated heterocycles. The zero-order valence-corrected chi connectivity index (χ0v) is 21.4. The fourth-order valence-corrected chi connectivity index (χ4v) is 5.07. The van der Waals surface area contributed by atoms with Gasteiger partial charge in [0.2, 0.25) is 5.91 Å². The van der Waals surface area contributed by atoms with Crippen LogP contribution in [0.25, 0.3) is 0 Å². The number of benzene rings is 1. The number of carbonyl (C=O) groups is 2. The Morgan fingerprint density at radius 1 is 1.11 bits per heavy atom. The fourth-order valence-electron chi connectivity index (χ4n) is 5.07. The highest BCUT2D eigenvalue weighted by molar-refractivity contribution is 5.96.